The van der Waals surface area contributed by atoms with Crippen LogP contribution in [0.3, 0.4) is 0 Å². The summed E-state index contributed by atoms with van der Waals surface area (Å²) in [6, 6.07) is 0. The molecule has 6 nitrogen and oxygen atoms in total. The van der Waals surface area contributed by atoms with Gasteiger partial charge >= 0.3 is 5.97 Å². The minimum absolute atomic E-state index is 0.311. The van der Waals surface area contributed by atoms with Gasteiger partial charge in [0.25, 0.3) is 0 Å². The van der Waals surface area contributed by atoms with E-state index in [4.69, 9.17) is 4.74 Å². The maximum atomic E-state index is 11.5. The predicted molar refractivity (Wildman–Crippen MR) is 71.3 cm³/mol. The van der Waals surface area contributed by atoms with Crippen LogP contribution in [0.1, 0.15) is 33.7 Å². The number of carbonyl (C=O) groups is 1. The minimum Gasteiger partial charge on any atom is -0.464 e. The molecule has 2 aromatic rings. The highest BCUT2D eigenvalue weighted by molar-refractivity contribution is 7.09. The molecule has 0 N–H and O–H groups in total. The number of esters is 1. The van der Waals surface area contributed by atoms with Gasteiger partial charge < -0.3 is 4.74 Å². The van der Waals surface area contributed by atoms with Crippen LogP contribution in [0.25, 0.3) is 0 Å². The number of methoxy groups -OCH3 is 1. The van der Waals surface area contributed by atoms with Crippen LogP contribution < -0.4 is 0 Å². The van der Waals surface area contributed by atoms with Gasteiger partial charge in [-0.05, 0) is 13.3 Å². The Bertz CT molecular complexity index is 576. The summed E-state index contributed by atoms with van der Waals surface area (Å²) in [5.74, 6) is -0.433. The summed E-state index contributed by atoms with van der Waals surface area (Å²) in [4.78, 5) is 17.0. The van der Waals surface area contributed by atoms with E-state index in [2.05, 4.69) is 15.3 Å². The second-order valence-electron chi connectivity index (χ2n) is 4.06. The minimum atomic E-state index is -0.433. The Morgan fingerprint density at radius 2 is 2.32 bits per heavy atom. The Morgan fingerprint density at radius 3 is 2.89 bits per heavy atom. The van der Waals surface area contributed by atoms with Gasteiger partial charge in [-0.2, -0.15) is 0 Å². The zero-order valence-corrected chi connectivity index (χ0v) is 12.0. The van der Waals surface area contributed by atoms with Gasteiger partial charge in [0.15, 0.2) is 5.69 Å². The van der Waals surface area contributed by atoms with E-state index in [0.717, 1.165) is 17.8 Å². The molecule has 0 unspecified atom stereocenters. The van der Waals surface area contributed by atoms with Gasteiger partial charge in [-0.1, -0.05) is 12.1 Å². The number of carbonyl (C=O) groups excluding carboxylic acids is 1. The Balaban J connectivity index is 2.15. The number of rotatable bonds is 5. The van der Waals surface area contributed by atoms with Gasteiger partial charge in [-0.15, -0.1) is 16.4 Å². The first-order valence-electron chi connectivity index (χ1n) is 6.07. The average molecular weight is 280 g/mol. The summed E-state index contributed by atoms with van der Waals surface area (Å²) in [6.45, 7) is 4.66. The van der Waals surface area contributed by atoms with E-state index in [1.807, 2.05) is 19.4 Å². The van der Waals surface area contributed by atoms with Gasteiger partial charge in [0, 0.05) is 17.8 Å². The number of hydrogen-bond donors (Lipinski definition) is 0. The van der Waals surface area contributed by atoms with Crippen molar-refractivity contribution in [2.24, 2.45) is 0 Å². The molecule has 0 bridgehead atoms. The van der Waals surface area contributed by atoms with Crippen molar-refractivity contribution in [2.75, 3.05) is 7.11 Å². The van der Waals surface area contributed by atoms with Crippen molar-refractivity contribution in [3.05, 3.63) is 27.5 Å². The van der Waals surface area contributed by atoms with E-state index in [9.17, 15) is 4.79 Å². The Kier molecular flexibility index (Phi) is 4.26. The van der Waals surface area contributed by atoms with Crippen LogP contribution in [0.4, 0.5) is 0 Å². The molecular weight excluding hydrogens is 264 g/mol. The quantitative estimate of drug-likeness (QED) is 0.779. The molecule has 0 atom stereocenters. The topological polar surface area (TPSA) is 69.9 Å². The van der Waals surface area contributed by atoms with Crippen LogP contribution in [0.5, 0.6) is 0 Å². The Hall–Kier alpha value is -1.76. The molecule has 0 radical (unpaired) electrons. The van der Waals surface area contributed by atoms with Crippen LogP contribution in [0.2, 0.25) is 0 Å². The van der Waals surface area contributed by atoms with Gasteiger partial charge in [0.1, 0.15) is 0 Å². The van der Waals surface area contributed by atoms with Crippen molar-refractivity contribution in [2.45, 2.75) is 33.2 Å². The van der Waals surface area contributed by atoms with Gasteiger partial charge in [0.05, 0.1) is 24.0 Å². The number of aromatic nitrogens is 4. The molecule has 0 spiro atoms. The van der Waals surface area contributed by atoms with Crippen LogP contribution in [-0.4, -0.2) is 33.1 Å². The Labute approximate surface area is 115 Å². The molecule has 0 aromatic carbocycles. The molecule has 0 aliphatic heterocycles. The fourth-order valence-corrected chi connectivity index (χ4v) is 2.66. The van der Waals surface area contributed by atoms with Crippen molar-refractivity contribution >= 4 is 17.3 Å². The molecule has 7 heteroatoms. The monoisotopic (exact) mass is 280 g/mol. The van der Waals surface area contributed by atoms with E-state index in [0.29, 0.717) is 18.7 Å². The van der Waals surface area contributed by atoms with Crippen LogP contribution >= 0.6 is 11.3 Å². The molecule has 0 saturated carbocycles. The number of nitrogens with zero attached hydrogens (tertiary/aromatic N) is 4. The zero-order chi connectivity index (χ0) is 13.8. The smallest absolute Gasteiger partial charge is 0.360 e. The van der Waals surface area contributed by atoms with E-state index >= 15 is 0 Å². The first-order valence-corrected chi connectivity index (χ1v) is 6.95. The molecule has 0 aliphatic carbocycles. The molecule has 102 valence electrons. The summed E-state index contributed by atoms with van der Waals surface area (Å²) in [6.07, 6.45) is 1.53. The van der Waals surface area contributed by atoms with E-state index in [-0.39, 0.29) is 0 Å². The van der Waals surface area contributed by atoms with E-state index in [1.54, 1.807) is 16.0 Å². The van der Waals surface area contributed by atoms with Gasteiger partial charge in [-0.3, -0.25) is 0 Å². The summed E-state index contributed by atoms with van der Waals surface area (Å²) >= 11 is 1.64. The van der Waals surface area contributed by atoms with Crippen molar-refractivity contribution in [3.63, 3.8) is 0 Å². The van der Waals surface area contributed by atoms with Crippen LogP contribution in [-0.2, 0) is 24.1 Å². The predicted octanol–water partition coefficient (Wildman–Crippen LogP) is 1.63. The lowest BCUT2D eigenvalue weighted by Crippen LogP contribution is -2.10. The molecule has 2 rings (SSSR count). The molecule has 0 aliphatic rings. The number of hydrogen-bond acceptors (Lipinski definition) is 6. The first-order chi connectivity index (χ1) is 9.17. The Morgan fingerprint density at radius 1 is 1.53 bits per heavy atom. The second-order valence-corrected chi connectivity index (χ2v) is 5.00. The van der Waals surface area contributed by atoms with E-state index in [1.165, 1.54) is 12.0 Å². The SMILES string of the molecule is CCc1c(C(=O)OC)nnn1CCc1scnc1C. The zero-order valence-electron chi connectivity index (χ0n) is 11.2. The molecule has 19 heavy (non-hydrogen) atoms. The van der Waals surface area contributed by atoms with Crippen molar-refractivity contribution < 1.29 is 9.53 Å². The maximum Gasteiger partial charge on any atom is 0.360 e. The highest BCUT2D eigenvalue weighted by Crippen LogP contribution is 2.15. The molecule has 0 fully saturated rings. The summed E-state index contributed by atoms with van der Waals surface area (Å²) in [7, 11) is 1.35. The van der Waals surface area contributed by atoms with Crippen molar-refractivity contribution in [1.29, 1.82) is 0 Å². The molecule has 0 saturated heterocycles. The fraction of sp³-hybridized carbons (Fsp3) is 0.500. The highest BCUT2D eigenvalue weighted by Gasteiger charge is 2.18. The molecule has 2 heterocycles. The average Bonchev–Trinajstić information content (AvgIpc) is 3.01. The lowest BCUT2D eigenvalue weighted by Gasteiger charge is -2.05. The molecule has 2 aromatic heterocycles. The third-order valence-electron chi connectivity index (χ3n) is 2.95. The fourth-order valence-electron chi connectivity index (χ4n) is 1.89. The number of thiazole rings is 1. The summed E-state index contributed by atoms with van der Waals surface area (Å²) < 4.78 is 6.47. The standard InChI is InChI=1S/C12H16N4O2S/c1-4-9-11(12(17)18-3)14-15-16(9)6-5-10-8(2)13-7-19-10/h7H,4-6H2,1-3H3. The lowest BCUT2D eigenvalue weighted by molar-refractivity contribution is 0.0592. The lowest BCUT2D eigenvalue weighted by atomic mass is 10.2. The van der Waals surface area contributed by atoms with Gasteiger partial charge in [0.2, 0.25) is 0 Å². The van der Waals surface area contributed by atoms with Crippen LogP contribution in [0.15, 0.2) is 5.51 Å². The van der Waals surface area contributed by atoms with E-state index < -0.39 is 5.97 Å². The van der Waals surface area contributed by atoms with Crippen molar-refractivity contribution in [1.82, 2.24) is 20.0 Å². The van der Waals surface area contributed by atoms with Gasteiger partial charge in [-0.25, -0.2) is 14.5 Å². The normalized spacial score (nSPS) is 10.7. The van der Waals surface area contributed by atoms with Crippen molar-refractivity contribution in [3.8, 4) is 0 Å². The summed E-state index contributed by atoms with van der Waals surface area (Å²) in [5, 5.41) is 7.94. The molecule has 0 amide bonds. The largest absolute Gasteiger partial charge is 0.464 e. The number of ether oxygens (including phenoxy) is 1. The maximum absolute atomic E-state index is 11.5. The first kappa shape index (κ1) is 13.7. The second kappa shape index (κ2) is 5.92. The third kappa shape index (κ3) is 2.81. The summed E-state index contributed by atoms with van der Waals surface area (Å²) in [5.41, 5.74) is 4.02. The highest BCUT2D eigenvalue weighted by atomic mass is 32.1. The third-order valence-corrected chi connectivity index (χ3v) is 3.94. The van der Waals surface area contributed by atoms with Crippen LogP contribution in [0, 0.1) is 6.92 Å². The molecular formula is C12H16N4O2S. The number of aryl methyl sites for hydroxylation is 3.